The van der Waals surface area contributed by atoms with Gasteiger partial charge >= 0.3 is 0 Å². The van der Waals surface area contributed by atoms with Crippen LogP contribution in [0, 0.1) is 0 Å². The van der Waals surface area contributed by atoms with Crippen molar-refractivity contribution >= 4 is 43.5 Å². The molecular weight excluding hydrogens is 424 g/mol. The number of aromatic nitrogens is 3. The molecule has 23 heavy (non-hydrogen) atoms. The van der Waals surface area contributed by atoms with Crippen molar-refractivity contribution in [2.24, 2.45) is 0 Å². The molecule has 0 fully saturated rings. The van der Waals surface area contributed by atoms with Crippen molar-refractivity contribution in [1.82, 2.24) is 15.0 Å². The standard InChI is InChI=1S/C16H12Br2N4O/c17-12-6-7-14(13(18)8-12)19-16(23)15-10-22(21-20-15)9-11-4-2-1-3-5-11/h1-8,10H,9H2,(H,19,23). The second-order valence-corrected chi connectivity index (χ2v) is 6.64. The highest BCUT2D eigenvalue weighted by atomic mass is 79.9. The first kappa shape index (κ1) is 15.9. The Balaban J connectivity index is 1.71. The molecule has 0 aliphatic carbocycles. The lowest BCUT2D eigenvalue weighted by molar-refractivity contribution is 0.102. The number of anilines is 1. The first-order chi connectivity index (χ1) is 11.1. The van der Waals surface area contributed by atoms with E-state index in [0.29, 0.717) is 12.2 Å². The number of hydrogen-bond acceptors (Lipinski definition) is 3. The van der Waals surface area contributed by atoms with Crippen molar-refractivity contribution in [2.45, 2.75) is 6.54 Å². The molecule has 5 nitrogen and oxygen atoms in total. The van der Waals surface area contributed by atoms with Gasteiger partial charge in [0.25, 0.3) is 5.91 Å². The van der Waals surface area contributed by atoms with Gasteiger partial charge in [0.2, 0.25) is 0 Å². The molecule has 2 aromatic carbocycles. The number of carbonyl (C=O) groups excluding carboxylic acids is 1. The third-order valence-electron chi connectivity index (χ3n) is 3.14. The molecule has 0 aliphatic heterocycles. The molecule has 0 spiro atoms. The first-order valence-electron chi connectivity index (χ1n) is 6.82. The summed E-state index contributed by atoms with van der Waals surface area (Å²) in [5, 5.41) is 10.7. The largest absolute Gasteiger partial charge is 0.319 e. The van der Waals surface area contributed by atoms with E-state index in [2.05, 4.69) is 47.5 Å². The van der Waals surface area contributed by atoms with Crippen molar-refractivity contribution in [1.29, 1.82) is 0 Å². The van der Waals surface area contributed by atoms with Crippen LogP contribution < -0.4 is 5.32 Å². The van der Waals surface area contributed by atoms with Gasteiger partial charge in [0, 0.05) is 8.95 Å². The lowest BCUT2D eigenvalue weighted by Crippen LogP contribution is -2.12. The summed E-state index contributed by atoms with van der Waals surface area (Å²) in [7, 11) is 0. The normalized spacial score (nSPS) is 10.5. The van der Waals surface area contributed by atoms with Crippen LogP contribution in [-0.4, -0.2) is 20.9 Å². The van der Waals surface area contributed by atoms with E-state index in [1.165, 1.54) is 0 Å². The monoisotopic (exact) mass is 434 g/mol. The molecule has 0 unspecified atom stereocenters. The number of nitrogens with one attached hydrogen (secondary N) is 1. The molecule has 1 heterocycles. The number of amides is 1. The summed E-state index contributed by atoms with van der Waals surface area (Å²) in [6, 6.07) is 15.4. The van der Waals surface area contributed by atoms with Gasteiger partial charge in [0.15, 0.2) is 5.69 Å². The minimum atomic E-state index is -0.299. The van der Waals surface area contributed by atoms with Gasteiger partial charge in [0.1, 0.15) is 0 Å². The van der Waals surface area contributed by atoms with Gasteiger partial charge in [-0.3, -0.25) is 4.79 Å². The second-order valence-electron chi connectivity index (χ2n) is 4.87. The second kappa shape index (κ2) is 7.06. The summed E-state index contributed by atoms with van der Waals surface area (Å²) in [5.74, 6) is -0.299. The van der Waals surface area contributed by atoms with Gasteiger partial charge in [-0.25, -0.2) is 4.68 Å². The van der Waals surface area contributed by atoms with Crippen LogP contribution in [-0.2, 0) is 6.54 Å². The Morgan fingerprint density at radius 2 is 1.91 bits per heavy atom. The fourth-order valence-electron chi connectivity index (χ4n) is 2.03. The number of nitrogens with zero attached hydrogens (tertiary/aromatic N) is 3. The van der Waals surface area contributed by atoms with Gasteiger partial charge in [-0.15, -0.1) is 5.10 Å². The average molecular weight is 436 g/mol. The molecule has 1 N–H and O–H groups in total. The van der Waals surface area contributed by atoms with Gasteiger partial charge in [-0.2, -0.15) is 0 Å². The SMILES string of the molecule is O=C(Nc1ccc(Br)cc1Br)c1cn(Cc2ccccc2)nn1. The maximum Gasteiger partial charge on any atom is 0.277 e. The van der Waals surface area contributed by atoms with E-state index in [-0.39, 0.29) is 11.6 Å². The van der Waals surface area contributed by atoms with E-state index in [4.69, 9.17) is 0 Å². The third kappa shape index (κ3) is 4.05. The zero-order valence-electron chi connectivity index (χ0n) is 11.9. The van der Waals surface area contributed by atoms with Crippen LogP contribution >= 0.6 is 31.9 Å². The lowest BCUT2D eigenvalue weighted by atomic mass is 10.2. The Kier molecular flexibility index (Phi) is 4.88. The van der Waals surface area contributed by atoms with Crippen LogP contribution in [0.1, 0.15) is 16.1 Å². The topological polar surface area (TPSA) is 59.8 Å². The predicted octanol–water partition coefficient (Wildman–Crippen LogP) is 4.10. The van der Waals surface area contributed by atoms with Gasteiger partial charge in [0.05, 0.1) is 18.4 Å². The van der Waals surface area contributed by atoms with Gasteiger partial charge in [-0.1, -0.05) is 51.5 Å². The van der Waals surface area contributed by atoms with Gasteiger partial charge in [-0.05, 0) is 39.7 Å². The zero-order valence-corrected chi connectivity index (χ0v) is 15.1. The van der Waals surface area contributed by atoms with Crippen molar-refractivity contribution in [3.63, 3.8) is 0 Å². The van der Waals surface area contributed by atoms with E-state index < -0.39 is 0 Å². The molecular formula is C16H12Br2N4O. The molecule has 0 saturated carbocycles. The Hall–Kier alpha value is -1.99. The number of benzene rings is 2. The summed E-state index contributed by atoms with van der Waals surface area (Å²) >= 11 is 6.79. The highest BCUT2D eigenvalue weighted by Crippen LogP contribution is 2.26. The third-order valence-corrected chi connectivity index (χ3v) is 4.29. The molecule has 116 valence electrons. The van der Waals surface area contributed by atoms with Crippen LogP contribution in [0.3, 0.4) is 0 Å². The maximum absolute atomic E-state index is 12.3. The summed E-state index contributed by atoms with van der Waals surface area (Å²) in [6.07, 6.45) is 1.63. The van der Waals surface area contributed by atoms with E-state index in [9.17, 15) is 4.79 Å². The maximum atomic E-state index is 12.3. The van der Waals surface area contributed by atoms with Crippen molar-refractivity contribution < 1.29 is 4.79 Å². The summed E-state index contributed by atoms with van der Waals surface area (Å²) < 4.78 is 3.36. The molecule has 0 aliphatic rings. The molecule has 1 amide bonds. The molecule has 1 aromatic heterocycles. The Labute approximate surface area is 150 Å². The Morgan fingerprint density at radius 1 is 1.13 bits per heavy atom. The summed E-state index contributed by atoms with van der Waals surface area (Å²) in [6.45, 7) is 0.573. The first-order valence-corrected chi connectivity index (χ1v) is 8.41. The molecule has 0 saturated heterocycles. The highest BCUT2D eigenvalue weighted by molar-refractivity contribution is 9.11. The number of halogens is 2. The van der Waals surface area contributed by atoms with Crippen LogP contribution in [0.15, 0.2) is 63.7 Å². The van der Waals surface area contributed by atoms with Crippen LogP contribution in [0.25, 0.3) is 0 Å². The molecule has 0 bridgehead atoms. The summed E-state index contributed by atoms with van der Waals surface area (Å²) in [4.78, 5) is 12.3. The van der Waals surface area contributed by atoms with Crippen LogP contribution in [0.5, 0.6) is 0 Å². The fourth-order valence-corrected chi connectivity index (χ4v) is 3.17. The minimum absolute atomic E-state index is 0.274. The fraction of sp³-hybridized carbons (Fsp3) is 0.0625. The summed E-state index contributed by atoms with van der Waals surface area (Å²) in [5.41, 5.74) is 2.05. The average Bonchev–Trinajstić information content (AvgIpc) is 3.00. The van der Waals surface area contributed by atoms with Crippen molar-refractivity contribution in [2.75, 3.05) is 5.32 Å². The van der Waals surface area contributed by atoms with E-state index in [1.807, 2.05) is 42.5 Å². The zero-order chi connectivity index (χ0) is 16.2. The Bertz CT molecular complexity index is 833. The Morgan fingerprint density at radius 3 is 2.65 bits per heavy atom. The van der Waals surface area contributed by atoms with E-state index in [1.54, 1.807) is 16.9 Å². The molecule has 0 atom stereocenters. The minimum Gasteiger partial charge on any atom is -0.319 e. The smallest absolute Gasteiger partial charge is 0.277 e. The predicted molar refractivity (Wildman–Crippen MR) is 95.4 cm³/mol. The molecule has 7 heteroatoms. The molecule has 0 radical (unpaired) electrons. The quantitative estimate of drug-likeness (QED) is 0.670. The van der Waals surface area contributed by atoms with E-state index >= 15 is 0 Å². The molecule has 3 rings (SSSR count). The lowest BCUT2D eigenvalue weighted by Gasteiger charge is -2.05. The van der Waals surface area contributed by atoms with Crippen molar-refractivity contribution in [3.8, 4) is 0 Å². The highest BCUT2D eigenvalue weighted by Gasteiger charge is 2.13. The number of rotatable bonds is 4. The number of carbonyl (C=O) groups is 1. The number of hydrogen-bond donors (Lipinski definition) is 1. The van der Waals surface area contributed by atoms with Crippen LogP contribution in [0.2, 0.25) is 0 Å². The van der Waals surface area contributed by atoms with Crippen LogP contribution in [0.4, 0.5) is 5.69 Å². The molecule has 3 aromatic rings. The van der Waals surface area contributed by atoms with Gasteiger partial charge < -0.3 is 5.32 Å². The van der Waals surface area contributed by atoms with Crippen molar-refractivity contribution in [3.05, 3.63) is 74.9 Å². The van der Waals surface area contributed by atoms with E-state index in [0.717, 1.165) is 14.5 Å².